The Bertz CT molecular complexity index is 856. The van der Waals surface area contributed by atoms with Gasteiger partial charge >= 0.3 is 0 Å². The average molecular weight is 344 g/mol. The molecule has 3 aromatic rings. The van der Waals surface area contributed by atoms with Crippen LogP contribution in [0.2, 0.25) is 0 Å². The molecule has 6 nitrogen and oxygen atoms in total. The predicted molar refractivity (Wildman–Crippen MR) is 90.4 cm³/mol. The topological polar surface area (TPSA) is 87.6 Å². The van der Waals surface area contributed by atoms with Gasteiger partial charge in [0.25, 0.3) is 5.91 Å². The fourth-order valence-electron chi connectivity index (χ4n) is 2.23. The molecule has 0 unspecified atom stereocenters. The molecule has 0 atom stereocenters. The maximum absolute atomic E-state index is 11.6. The number of nitrogens with two attached hydrogens (primary N) is 1. The number of oxazole rings is 1. The van der Waals surface area contributed by atoms with E-state index in [1.54, 1.807) is 29.5 Å². The van der Waals surface area contributed by atoms with Crippen LogP contribution in [0, 0.1) is 6.92 Å². The van der Waals surface area contributed by atoms with Gasteiger partial charge in [-0.1, -0.05) is 12.1 Å². The number of benzene rings is 1. The van der Waals surface area contributed by atoms with Gasteiger partial charge in [0.05, 0.1) is 17.6 Å². The summed E-state index contributed by atoms with van der Waals surface area (Å²) < 4.78 is 16.7. The normalized spacial score (nSPS) is 10.6. The molecule has 2 N–H and O–H groups in total. The van der Waals surface area contributed by atoms with Crippen LogP contribution in [-0.2, 0) is 6.61 Å². The van der Waals surface area contributed by atoms with Crippen molar-refractivity contribution in [3.8, 4) is 22.3 Å². The Hall–Kier alpha value is -2.80. The lowest BCUT2D eigenvalue weighted by molar-refractivity contribution is 0.0995. The van der Waals surface area contributed by atoms with Crippen LogP contribution in [0.4, 0.5) is 0 Å². The first kappa shape index (κ1) is 16.1. The SMILES string of the molecule is COc1cccc(C(N)=O)c1OCc1nc(-c2cccs2)oc1C. The van der Waals surface area contributed by atoms with Crippen molar-refractivity contribution < 1.29 is 18.7 Å². The number of para-hydroxylation sites is 1. The molecule has 0 radical (unpaired) electrons. The molecule has 1 aromatic carbocycles. The Morgan fingerprint density at radius 2 is 2.17 bits per heavy atom. The summed E-state index contributed by atoms with van der Waals surface area (Å²) in [5, 5.41) is 1.96. The van der Waals surface area contributed by atoms with Crippen molar-refractivity contribution in [2.75, 3.05) is 7.11 Å². The van der Waals surface area contributed by atoms with Crippen LogP contribution in [0.15, 0.2) is 40.1 Å². The number of carbonyl (C=O) groups is 1. The third kappa shape index (κ3) is 3.11. The highest BCUT2D eigenvalue weighted by Gasteiger charge is 2.17. The summed E-state index contributed by atoms with van der Waals surface area (Å²) in [6, 6.07) is 8.85. The zero-order valence-electron chi connectivity index (χ0n) is 13.2. The molecule has 124 valence electrons. The minimum atomic E-state index is -0.583. The number of nitrogens with zero attached hydrogens (tertiary/aromatic N) is 1. The Morgan fingerprint density at radius 3 is 2.83 bits per heavy atom. The molecule has 0 aliphatic carbocycles. The second-order valence-electron chi connectivity index (χ2n) is 4.99. The molecule has 1 amide bonds. The quantitative estimate of drug-likeness (QED) is 0.740. The van der Waals surface area contributed by atoms with Gasteiger partial charge < -0.3 is 19.6 Å². The van der Waals surface area contributed by atoms with E-state index in [0.717, 1.165) is 4.88 Å². The molecule has 2 heterocycles. The van der Waals surface area contributed by atoms with Gasteiger partial charge in [-0.05, 0) is 30.5 Å². The van der Waals surface area contributed by atoms with Crippen LogP contribution in [0.25, 0.3) is 10.8 Å². The number of thiophene rings is 1. The van der Waals surface area contributed by atoms with Gasteiger partial charge in [-0.2, -0.15) is 0 Å². The summed E-state index contributed by atoms with van der Waals surface area (Å²) in [4.78, 5) is 17.0. The largest absolute Gasteiger partial charge is 0.493 e. The van der Waals surface area contributed by atoms with Gasteiger partial charge in [0.15, 0.2) is 11.5 Å². The maximum atomic E-state index is 11.6. The molecule has 24 heavy (non-hydrogen) atoms. The standard InChI is InChI=1S/C17H16N2O4S/c1-10-12(19-17(23-10)14-7-4-8-24-14)9-22-15-11(16(18)20)5-3-6-13(15)21-2/h3-8H,9H2,1-2H3,(H2,18,20). The molecular weight excluding hydrogens is 328 g/mol. The summed E-state index contributed by atoms with van der Waals surface area (Å²) in [5.74, 6) is 1.36. The van der Waals surface area contributed by atoms with Crippen molar-refractivity contribution in [2.45, 2.75) is 13.5 Å². The number of hydrogen-bond donors (Lipinski definition) is 1. The Balaban J connectivity index is 1.85. The molecule has 7 heteroatoms. The summed E-state index contributed by atoms with van der Waals surface area (Å²) in [7, 11) is 1.50. The molecule has 0 saturated carbocycles. The van der Waals surface area contributed by atoms with E-state index in [9.17, 15) is 4.79 Å². The number of hydrogen-bond acceptors (Lipinski definition) is 6. The van der Waals surface area contributed by atoms with E-state index < -0.39 is 5.91 Å². The van der Waals surface area contributed by atoms with E-state index >= 15 is 0 Å². The van der Waals surface area contributed by atoms with E-state index in [1.165, 1.54) is 7.11 Å². The first-order valence-corrected chi connectivity index (χ1v) is 8.08. The second kappa shape index (κ2) is 6.76. The van der Waals surface area contributed by atoms with Gasteiger partial charge in [0, 0.05) is 0 Å². The van der Waals surface area contributed by atoms with Crippen molar-refractivity contribution in [1.82, 2.24) is 4.98 Å². The summed E-state index contributed by atoms with van der Waals surface area (Å²) in [5.41, 5.74) is 6.31. The van der Waals surface area contributed by atoms with Crippen LogP contribution < -0.4 is 15.2 Å². The second-order valence-corrected chi connectivity index (χ2v) is 5.94. The van der Waals surface area contributed by atoms with E-state index in [1.807, 2.05) is 24.4 Å². The Kier molecular flexibility index (Phi) is 4.52. The lowest BCUT2D eigenvalue weighted by Gasteiger charge is -2.12. The first-order valence-electron chi connectivity index (χ1n) is 7.20. The number of amides is 1. The maximum Gasteiger partial charge on any atom is 0.252 e. The lowest BCUT2D eigenvalue weighted by Crippen LogP contribution is -2.13. The zero-order valence-corrected chi connectivity index (χ0v) is 14.1. The smallest absolute Gasteiger partial charge is 0.252 e. The number of carbonyl (C=O) groups excluding carboxylic acids is 1. The lowest BCUT2D eigenvalue weighted by atomic mass is 10.2. The number of aromatic nitrogens is 1. The van der Waals surface area contributed by atoms with Crippen LogP contribution in [0.3, 0.4) is 0 Å². The zero-order chi connectivity index (χ0) is 17.1. The van der Waals surface area contributed by atoms with Gasteiger partial charge in [0.2, 0.25) is 5.89 Å². The van der Waals surface area contributed by atoms with Gasteiger partial charge in [-0.25, -0.2) is 4.98 Å². The monoisotopic (exact) mass is 344 g/mol. The molecule has 0 aliphatic heterocycles. The van der Waals surface area contributed by atoms with Crippen molar-refractivity contribution in [1.29, 1.82) is 0 Å². The summed E-state index contributed by atoms with van der Waals surface area (Å²) in [6.07, 6.45) is 0. The number of rotatable bonds is 6. The molecule has 0 spiro atoms. The van der Waals surface area contributed by atoms with Gasteiger partial charge in [-0.3, -0.25) is 4.79 Å². The first-order chi connectivity index (χ1) is 11.6. The molecular formula is C17H16N2O4S. The average Bonchev–Trinajstić information content (AvgIpc) is 3.22. The molecule has 0 saturated heterocycles. The number of aryl methyl sites for hydroxylation is 1. The van der Waals surface area contributed by atoms with Gasteiger partial charge in [0.1, 0.15) is 18.1 Å². The van der Waals surface area contributed by atoms with Crippen molar-refractivity contribution in [3.05, 3.63) is 52.7 Å². The molecule has 0 aliphatic rings. The predicted octanol–water partition coefficient (Wildman–Crippen LogP) is 3.40. The van der Waals surface area contributed by atoms with Crippen molar-refractivity contribution in [3.63, 3.8) is 0 Å². The van der Waals surface area contributed by atoms with E-state index in [-0.39, 0.29) is 12.2 Å². The highest BCUT2D eigenvalue weighted by atomic mass is 32.1. The number of methoxy groups -OCH3 is 1. The van der Waals surface area contributed by atoms with Crippen LogP contribution in [-0.4, -0.2) is 18.0 Å². The third-order valence-electron chi connectivity index (χ3n) is 3.44. The fourth-order valence-corrected chi connectivity index (χ4v) is 2.88. The van der Waals surface area contributed by atoms with Gasteiger partial charge in [-0.15, -0.1) is 11.3 Å². The minimum absolute atomic E-state index is 0.140. The van der Waals surface area contributed by atoms with Crippen LogP contribution in [0.1, 0.15) is 21.8 Å². The Labute approximate surface area is 142 Å². The summed E-state index contributed by atoms with van der Waals surface area (Å²) >= 11 is 1.55. The third-order valence-corrected chi connectivity index (χ3v) is 4.30. The minimum Gasteiger partial charge on any atom is -0.493 e. The van der Waals surface area contributed by atoms with E-state index in [2.05, 4.69) is 4.98 Å². The summed E-state index contributed by atoms with van der Waals surface area (Å²) in [6.45, 7) is 1.96. The highest BCUT2D eigenvalue weighted by molar-refractivity contribution is 7.13. The molecule has 2 aromatic heterocycles. The van der Waals surface area contributed by atoms with Crippen LogP contribution in [0.5, 0.6) is 11.5 Å². The van der Waals surface area contributed by atoms with E-state index in [4.69, 9.17) is 19.6 Å². The van der Waals surface area contributed by atoms with Crippen LogP contribution >= 0.6 is 11.3 Å². The molecule has 0 fully saturated rings. The molecule has 0 bridgehead atoms. The highest BCUT2D eigenvalue weighted by Crippen LogP contribution is 2.32. The fraction of sp³-hybridized carbons (Fsp3) is 0.176. The van der Waals surface area contributed by atoms with Crippen molar-refractivity contribution >= 4 is 17.2 Å². The molecule has 3 rings (SSSR count). The number of primary amides is 1. The number of ether oxygens (including phenoxy) is 2. The van der Waals surface area contributed by atoms with Crippen molar-refractivity contribution in [2.24, 2.45) is 5.73 Å². The Morgan fingerprint density at radius 1 is 1.33 bits per heavy atom. The van der Waals surface area contributed by atoms with E-state index in [0.29, 0.717) is 28.8 Å².